The lowest BCUT2D eigenvalue weighted by Crippen LogP contribution is -2.44. The van der Waals surface area contributed by atoms with E-state index in [9.17, 15) is 4.79 Å². The van der Waals surface area contributed by atoms with E-state index in [4.69, 9.17) is 16.3 Å². The summed E-state index contributed by atoms with van der Waals surface area (Å²) in [4.78, 5) is 19.9. The number of benzene rings is 2. The van der Waals surface area contributed by atoms with Crippen molar-refractivity contribution in [2.24, 2.45) is 4.99 Å². The van der Waals surface area contributed by atoms with Crippen molar-refractivity contribution in [3.8, 4) is 0 Å². The van der Waals surface area contributed by atoms with Gasteiger partial charge in [-0.05, 0) is 65.9 Å². The maximum absolute atomic E-state index is 12.6. The SMILES string of the molecule is CC(=C1SC(N2CCC3(CC2)OCc2ccccc23)=NC1=O)c1ccc(Cl)cc1. The minimum Gasteiger partial charge on any atom is -0.365 e. The van der Waals surface area contributed by atoms with E-state index < -0.39 is 0 Å². The molecule has 0 radical (unpaired) electrons. The Morgan fingerprint density at radius 2 is 1.86 bits per heavy atom. The molecule has 1 amide bonds. The lowest BCUT2D eigenvalue weighted by molar-refractivity contribution is -0.113. The lowest BCUT2D eigenvalue weighted by Gasteiger charge is -2.39. The molecule has 6 heteroatoms. The Labute approximate surface area is 179 Å². The number of thioether (sulfide) groups is 1. The molecule has 0 atom stereocenters. The van der Waals surface area contributed by atoms with E-state index in [1.807, 2.05) is 31.2 Å². The number of hydrogen-bond donors (Lipinski definition) is 0. The Hall–Kier alpha value is -2.08. The highest BCUT2D eigenvalue weighted by atomic mass is 35.5. The van der Waals surface area contributed by atoms with Gasteiger partial charge in [0, 0.05) is 18.1 Å². The number of allylic oxidation sites excluding steroid dienone is 1. The number of hydrogen-bond acceptors (Lipinski definition) is 4. The summed E-state index contributed by atoms with van der Waals surface area (Å²) in [6.07, 6.45) is 1.82. The monoisotopic (exact) mass is 424 g/mol. The summed E-state index contributed by atoms with van der Waals surface area (Å²) in [5.74, 6) is -0.153. The van der Waals surface area contributed by atoms with Crippen molar-refractivity contribution < 1.29 is 9.53 Å². The van der Waals surface area contributed by atoms with Gasteiger partial charge in [0.1, 0.15) is 0 Å². The molecular formula is C23H21ClN2O2S. The normalized spacial score (nSPS) is 22.1. The van der Waals surface area contributed by atoms with Crippen molar-refractivity contribution in [2.45, 2.75) is 32.0 Å². The van der Waals surface area contributed by atoms with E-state index in [0.717, 1.165) is 42.2 Å². The van der Waals surface area contributed by atoms with Crippen LogP contribution >= 0.6 is 23.4 Å². The topological polar surface area (TPSA) is 41.9 Å². The van der Waals surface area contributed by atoms with Crippen LogP contribution in [0.4, 0.5) is 0 Å². The number of aliphatic imine (C=N–C) groups is 1. The molecule has 0 bridgehead atoms. The summed E-state index contributed by atoms with van der Waals surface area (Å²) in [6, 6.07) is 16.1. The summed E-state index contributed by atoms with van der Waals surface area (Å²) in [6.45, 7) is 4.33. The minimum absolute atomic E-state index is 0.153. The first kappa shape index (κ1) is 18.9. The molecule has 1 saturated heterocycles. The van der Waals surface area contributed by atoms with Crippen LogP contribution < -0.4 is 0 Å². The fourth-order valence-electron chi connectivity index (χ4n) is 4.36. The Morgan fingerprint density at radius 3 is 2.62 bits per heavy atom. The molecule has 1 fully saturated rings. The molecule has 1 spiro atoms. The first-order chi connectivity index (χ1) is 14.1. The van der Waals surface area contributed by atoms with Crippen LogP contribution in [-0.4, -0.2) is 29.1 Å². The van der Waals surface area contributed by atoms with Gasteiger partial charge in [0.05, 0.1) is 17.1 Å². The summed E-state index contributed by atoms with van der Waals surface area (Å²) in [5, 5.41) is 1.49. The first-order valence-electron chi connectivity index (χ1n) is 9.81. The number of amides is 1. The Balaban J connectivity index is 1.31. The van der Waals surface area contributed by atoms with Crippen LogP contribution in [0.2, 0.25) is 5.02 Å². The lowest BCUT2D eigenvalue weighted by atomic mass is 9.84. The van der Waals surface area contributed by atoms with Crippen LogP contribution in [0.15, 0.2) is 58.4 Å². The van der Waals surface area contributed by atoms with Gasteiger partial charge < -0.3 is 9.64 Å². The van der Waals surface area contributed by atoms with E-state index >= 15 is 0 Å². The van der Waals surface area contributed by atoms with Crippen LogP contribution in [0.25, 0.3) is 5.57 Å². The van der Waals surface area contributed by atoms with Crippen molar-refractivity contribution in [1.82, 2.24) is 4.90 Å². The minimum atomic E-state index is -0.182. The predicted molar refractivity (Wildman–Crippen MR) is 118 cm³/mol. The number of likely N-dealkylation sites (tertiary alicyclic amines) is 1. The maximum atomic E-state index is 12.6. The van der Waals surface area contributed by atoms with Gasteiger partial charge in [-0.3, -0.25) is 4.79 Å². The van der Waals surface area contributed by atoms with Gasteiger partial charge in [0.15, 0.2) is 5.17 Å². The van der Waals surface area contributed by atoms with Gasteiger partial charge in [-0.2, -0.15) is 4.99 Å². The number of piperidine rings is 1. The molecule has 2 aromatic carbocycles. The summed E-state index contributed by atoms with van der Waals surface area (Å²) >= 11 is 7.47. The zero-order chi connectivity index (χ0) is 20.0. The number of nitrogens with zero attached hydrogens (tertiary/aromatic N) is 2. The van der Waals surface area contributed by atoms with Crippen LogP contribution in [0.1, 0.15) is 36.5 Å². The average Bonchev–Trinajstić information content (AvgIpc) is 3.30. The third kappa shape index (κ3) is 3.31. The fraction of sp³-hybridized carbons (Fsp3) is 0.304. The van der Waals surface area contributed by atoms with E-state index in [1.165, 1.54) is 22.9 Å². The highest BCUT2D eigenvalue weighted by molar-refractivity contribution is 8.18. The zero-order valence-corrected chi connectivity index (χ0v) is 17.7. The maximum Gasteiger partial charge on any atom is 0.286 e. The molecule has 0 aromatic heterocycles. The average molecular weight is 425 g/mol. The van der Waals surface area contributed by atoms with Gasteiger partial charge in [0.25, 0.3) is 5.91 Å². The van der Waals surface area contributed by atoms with Gasteiger partial charge in [-0.25, -0.2) is 0 Å². The molecule has 2 aromatic rings. The van der Waals surface area contributed by atoms with Crippen molar-refractivity contribution in [3.05, 3.63) is 75.1 Å². The molecule has 0 saturated carbocycles. The van der Waals surface area contributed by atoms with Gasteiger partial charge >= 0.3 is 0 Å². The number of amidine groups is 1. The molecule has 29 heavy (non-hydrogen) atoms. The van der Waals surface area contributed by atoms with E-state index in [2.05, 4.69) is 34.2 Å². The van der Waals surface area contributed by atoms with Crippen molar-refractivity contribution in [3.63, 3.8) is 0 Å². The van der Waals surface area contributed by atoms with Crippen LogP contribution in [0.3, 0.4) is 0 Å². The van der Waals surface area contributed by atoms with Crippen LogP contribution in [-0.2, 0) is 21.7 Å². The second-order valence-corrected chi connectivity index (χ2v) is 9.10. The summed E-state index contributed by atoms with van der Waals surface area (Å²) in [7, 11) is 0. The summed E-state index contributed by atoms with van der Waals surface area (Å²) in [5.41, 5.74) is 4.38. The largest absolute Gasteiger partial charge is 0.365 e. The number of fused-ring (bicyclic) bond motifs is 2. The molecule has 3 aliphatic rings. The van der Waals surface area contributed by atoms with Crippen molar-refractivity contribution in [1.29, 1.82) is 0 Å². The number of halogens is 1. The van der Waals surface area contributed by atoms with Gasteiger partial charge in [-0.15, -0.1) is 0 Å². The highest BCUT2D eigenvalue weighted by Crippen LogP contribution is 2.45. The predicted octanol–water partition coefficient (Wildman–Crippen LogP) is 5.22. The molecule has 0 unspecified atom stereocenters. The Kier molecular flexibility index (Phi) is 4.77. The molecule has 5 rings (SSSR count). The Morgan fingerprint density at radius 1 is 1.14 bits per heavy atom. The quantitative estimate of drug-likeness (QED) is 0.588. The number of carbonyl (C=O) groups is 1. The molecule has 148 valence electrons. The van der Waals surface area contributed by atoms with Gasteiger partial charge in [-0.1, -0.05) is 48.0 Å². The van der Waals surface area contributed by atoms with Crippen molar-refractivity contribution in [2.75, 3.05) is 13.1 Å². The van der Waals surface area contributed by atoms with Crippen LogP contribution in [0, 0.1) is 0 Å². The third-order valence-electron chi connectivity index (χ3n) is 6.06. The fourth-order valence-corrected chi connectivity index (χ4v) is 5.51. The molecule has 4 nitrogen and oxygen atoms in total. The molecule has 3 aliphatic heterocycles. The number of carbonyl (C=O) groups excluding carboxylic acids is 1. The van der Waals surface area contributed by atoms with E-state index in [0.29, 0.717) is 16.5 Å². The third-order valence-corrected chi connectivity index (χ3v) is 7.53. The highest BCUT2D eigenvalue weighted by Gasteiger charge is 2.43. The summed E-state index contributed by atoms with van der Waals surface area (Å²) < 4.78 is 6.25. The standard InChI is InChI=1S/C23H21ClN2O2S/c1-15(16-6-8-18(24)9-7-16)20-21(27)25-22(29-20)26-12-10-23(11-13-26)19-5-3-2-4-17(19)14-28-23/h2-9H,10-14H2,1H3. The molecule has 0 aliphatic carbocycles. The van der Waals surface area contributed by atoms with Crippen LogP contribution in [0.5, 0.6) is 0 Å². The second kappa shape index (κ2) is 7.31. The molecular weight excluding hydrogens is 404 g/mol. The smallest absolute Gasteiger partial charge is 0.286 e. The Bertz CT molecular complexity index is 1040. The molecule has 3 heterocycles. The van der Waals surface area contributed by atoms with Crippen molar-refractivity contribution >= 4 is 40.0 Å². The number of rotatable bonds is 1. The molecule has 0 N–H and O–H groups in total. The number of ether oxygens (including phenoxy) is 1. The van der Waals surface area contributed by atoms with E-state index in [1.54, 1.807) is 0 Å². The zero-order valence-electron chi connectivity index (χ0n) is 16.2. The first-order valence-corrected chi connectivity index (χ1v) is 11.0. The second-order valence-electron chi connectivity index (χ2n) is 7.69. The van der Waals surface area contributed by atoms with Gasteiger partial charge in [0.2, 0.25) is 0 Å². The van der Waals surface area contributed by atoms with E-state index in [-0.39, 0.29) is 11.5 Å².